The Hall–Kier alpha value is -0.640. The lowest BCUT2D eigenvalue weighted by molar-refractivity contribution is 0.180. The first-order valence-corrected chi connectivity index (χ1v) is 11.0. The van der Waals surface area contributed by atoms with Crippen molar-refractivity contribution < 1.29 is 4.39 Å². The van der Waals surface area contributed by atoms with Crippen molar-refractivity contribution in [3.8, 4) is 0 Å². The maximum Gasteiger partial charge on any atom is 0.137 e. The van der Waals surface area contributed by atoms with E-state index >= 15 is 0 Å². The number of hydrogen-bond donors (Lipinski definition) is 0. The number of halogens is 2. The molecule has 3 rings (SSSR count). The normalized spacial score (nSPS) is 27.8. The van der Waals surface area contributed by atoms with Crippen molar-refractivity contribution in [3.05, 3.63) is 51.4 Å². The monoisotopic (exact) mass is 452 g/mol. The third kappa shape index (κ3) is 4.75. The van der Waals surface area contributed by atoms with Crippen molar-refractivity contribution in [1.29, 1.82) is 0 Å². The minimum atomic E-state index is -0.117. The van der Waals surface area contributed by atoms with Gasteiger partial charge in [0, 0.05) is 3.57 Å². The standard InChI is InChI=1S/C23H30FI/c1-3-4-16(2)17-5-7-18(8-6-17)19-9-11-20(12-10-19)21-13-14-23(25)22(24)15-21/h9,11-19H,3-8,10H2,1-2H3. The molecule has 0 bridgehead atoms. The minimum Gasteiger partial charge on any atom is -0.206 e. The Morgan fingerprint density at radius 1 is 1.20 bits per heavy atom. The van der Waals surface area contributed by atoms with Gasteiger partial charge in [-0.2, -0.15) is 0 Å². The van der Waals surface area contributed by atoms with E-state index in [0.717, 1.165) is 29.7 Å². The van der Waals surface area contributed by atoms with Gasteiger partial charge in [-0.25, -0.2) is 4.39 Å². The van der Waals surface area contributed by atoms with Crippen molar-refractivity contribution in [2.75, 3.05) is 0 Å². The summed E-state index contributed by atoms with van der Waals surface area (Å²) in [4.78, 5) is 0. The molecule has 2 atom stereocenters. The van der Waals surface area contributed by atoms with Crippen LogP contribution >= 0.6 is 22.6 Å². The molecular weight excluding hydrogens is 422 g/mol. The van der Waals surface area contributed by atoms with Gasteiger partial charge in [0.2, 0.25) is 0 Å². The van der Waals surface area contributed by atoms with Crippen LogP contribution in [-0.2, 0) is 0 Å². The first kappa shape index (κ1) is 19.1. The van der Waals surface area contributed by atoms with Crippen LogP contribution in [0.15, 0.2) is 36.4 Å². The van der Waals surface area contributed by atoms with E-state index < -0.39 is 0 Å². The predicted molar refractivity (Wildman–Crippen MR) is 114 cm³/mol. The highest BCUT2D eigenvalue weighted by Crippen LogP contribution is 2.41. The maximum atomic E-state index is 13.8. The van der Waals surface area contributed by atoms with Crippen molar-refractivity contribution in [2.45, 2.75) is 58.8 Å². The molecule has 0 spiro atoms. The Morgan fingerprint density at radius 3 is 2.56 bits per heavy atom. The average molecular weight is 452 g/mol. The van der Waals surface area contributed by atoms with Gasteiger partial charge in [-0.3, -0.25) is 0 Å². The molecule has 0 amide bonds. The van der Waals surface area contributed by atoms with Crippen LogP contribution in [0.5, 0.6) is 0 Å². The molecule has 2 heteroatoms. The first-order valence-electron chi connectivity index (χ1n) is 9.92. The zero-order chi connectivity index (χ0) is 17.8. The smallest absolute Gasteiger partial charge is 0.137 e. The van der Waals surface area contributed by atoms with E-state index in [4.69, 9.17) is 0 Å². The number of rotatable bonds is 5. The summed E-state index contributed by atoms with van der Waals surface area (Å²) in [5.74, 6) is 3.25. The van der Waals surface area contributed by atoms with E-state index in [1.807, 2.05) is 34.7 Å². The molecule has 0 N–H and O–H groups in total. The molecule has 0 nitrogen and oxygen atoms in total. The number of benzene rings is 1. The Labute approximate surface area is 166 Å². The molecule has 0 aromatic heterocycles. The molecule has 25 heavy (non-hydrogen) atoms. The van der Waals surface area contributed by atoms with Crippen LogP contribution in [0.4, 0.5) is 4.39 Å². The van der Waals surface area contributed by atoms with E-state index in [1.165, 1.54) is 44.1 Å². The molecule has 0 saturated heterocycles. The topological polar surface area (TPSA) is 0 Å². The molecule has 0 radical (unpaired) electrons. The van der Waals surface area contributed by atoms with Crippen molar-refractivity contribution in [2.24, 2.45) is 23.7 Å². The molecule has 2 unspecified atom stereocenters. The highest BCUT2D eigenvalue weighted by Gasteiger charge is 2.29. The minimum absolute atomic E-state index is 0.117. The zero-order valence-electron chi connectivity index (χ0n) is 15.5. The van der Waals surface area contributed by atoms with Crippen LogP contribution in [0.25, 0.3) is 5.57 Å². The Balaban J connectivity index is 1.55. The van der Waals surface area contributed by atoms with Crippen LogP contribution in [0.2, 0.25) is 0 Å². The molecule has 0 heterocycles. The summed E-state index contributed by atoms with van der Waals surface area (Å²) in [6.07, 6.45) is 16.3. The quantitative estimate of drug-likeness (QED) is 0.403. The Kier molecular flexibility index (Phi) is 6.76. The highest BCUT2D eigenvalue weighted by molar-refractivity contribution is 14.1. The Morgan fingerprint density at radius 2 is 1.96 bits per heavy atom. The molecule has 2 aliphatic rings. The Bertz CT molecular complexity index is 637. The maximum absolute atomic E-state index is 13.8. The third-order valence-corrected chi connectivity index (χ3v) is 7.23. The van der Waals surface area contributed by atoms with Crippen LogP contribution in [0.1, 0.15) is 64.4 Å². The molecule has 0 aliphatic heterocycles. The number of allylic oxidation sites excluding steroid dienone is 4. The predicted octanol–water partition coefficient (Wildman–Crippen LogP) is 7.63. The van der Waals surface area contributed by atoms with Crippen molar-refractivity contribution in [1.82, 2.24) is 0 Å². The summed E-state index contributed by atoms with van der Waals surface area (Å²) in [6, 6.07) is 5.56. The van der Waals surface area contributed by atoms with E-state index in [2.05, 4.69) is 32.1 Å². The molecule has 1 fully saturated rings. The summed E-state index contributed by atoms with van der Waals surface area (Å²) in [7, 11) is 0. The van der Waals surface area contributed by atoms with E-state index in [0.29, 0.717) is 9.49 Å². The van der Waals surface area contributed by atoms with Crippen LogP contribution in [0, 0.1) is 33.1 Å². The molecule has 2 aliphatic carbocycles. The summed E-state index contributed by atoms with van der Waals surface area (Å²) >= 11 is 2.04. The lowest BCUT2D eigenvalue weighted by Crippen LogP contribution is -2.24. The molecule has 1 saturated carbocycles. The SMILES string of the molecule is CCCC(C)C1CCC(C2C=CC(c3ccc(I)c(F)c3)=CC2)CC1. The van der Waals surface area contributed by atoms with E-state index in [9.17, 15) is 4.39 Å². The summed E-state index contributed by atoms with van der Waals surface area (Å²) < 4.78 is 14.5. The fourth-order valence-corrected chi connectivity index (χ4v) is 5.04. The van der Waals surface area contributed by atoms with Crippen LogP contribution in [-0.4, -0.2) is 0 Å². The van der Waals surface area contributed by atoms with Gasteiger partial charge >= 0.3 is 0 Å². The second kappa shape index (κ2) is 8.83. The fraction of sp³-hybridized carbons (Fsp3) is 0.565. The van der Waals surface area contributed by atoms with Gasteiger partial charge in [-0.15, -0.1) is 0 Å². The van der Waals surface area contributed by atoms with Gasteiger partial charge in [-0.05, 0) is 102 Å². The largest absolute Gasteiger partial charge is 0.206 e. The van der Waals surface area contributed by atoms with Gasteiger partial charge in [0.15, 0.2) is 0 Å². The van der Waals surface area contributed by atoms with E-state index in [-0.39, 0.29) is 5.82 Å². The molecule has 1 aromatic rings. The summed E-state index contributed by atoms with van der Waals surface area (Å²) in [6.45, 7) is 4.75. The average Bonchev–Trinajstić information content (AvgIpc) is 2.64. The van der Waals surface area contributed by atoms with Gasteiger partial charge in [-0.1, -0.05) is 51.0 Å². The highest BCUT2D eigenvalue weighted by atomic mass is 127. The third-order valence-electron chi connectivity index (χ3n) is 6.36. The molecular formula is C23H30FI. The second-order valence-electron chi connectivity index (χ2n) is 7.99. The molecule has 1 aromatic carbocycles. The van der Waals surface area contributed by atoms with Gasteiger partial charge in [0.05, 0.1) is 0 Å². The first-order chi connectivity index (χ1) is 12.1. The van der Waals surface area contributed by atoms with Crippen molar-refractivity contribution in [3.63, 3.8) is 0 Å². The van der Waals surface area contributed by atoms with Gasteiger partial charge in [0.1, 0.15) is 5.82 Å². The molecule has 136 valence electrons. The lowest BCUT2D eigenvalue weighted by Gasteiger charge is -2.36. The lowest BCUT2D eigenvalue weighted by atomic mass is 9.70. The summed E-state index contributed by atoms with van der Waals surface area (Å²) in [5, 5.41) is 0. The zero-order valence-corrected chi connectivity index (χ0v) is 17.6. The summed E-state index contributed by atoms with van der Waals surface area (Å²) in [5.41, 5.74) is 2.18. The number of hydrogen-bond acceptors (Lipinski definition) is 0. The fourth-order valence-electron chi connectivity index (χ4n) is 4.71. The van der Waals surface area contributed by atoms with Crippen LogP contribution < -0.4 is 0 Å². The van der Waals surface area contributed by atoms with E-state index in [1.54, 1.807) is 6.07 Å². The van der Waals surface area contributed by atoms with Gasteiger partial charge < -0.3 is 0 Å². The van der Waals surface area contributed by atoms with Crippen molar-refractivity contribution >= 4 is 28.2 Å². The second-order valence-corrected chi connectivity index (χ2v) is 9.15. The van der Waals surface area contributed by atoms with Crippen LogP contribution in [0.3, 0.4) is 0 Å². The van der Waals surface area contributed by atoms with Gasteiger partial charge in [0.25, 0.3) is 0 Å².